The van der Waals surface area contributed by atoms with E-state index < -0.39 is 17.6 Å². The fourth-order valence-corrected chi connectivity index (χ4v) is 3.38. The quantitative estimate of drug-likeness (QED) is 0.344. The Labute approximate surface area is 180 Å². The summed E-state index contributed by atoms with van der Waals surface area (Å²) < 4.78 is 37.8. The summed E-state index contributed by atoms with van der Waals surface area (Å²) in [6, 6.07) is 4.11. The van der Waals surface area contributed by atoms with Crippen LogP contribution in [0.5, 0.6) is 0 Å². The molecule has 1 saturated heterocycles. The standard InChI is InChI=1S/C21H30F3N5O2/c1-3-26-20(29-12-8-15(9-13-29)14-18(30)25-2)28-11-10-27-19(31)16-4-6-17(7-5-16)21(22,23)24/h4-7,15H,3,8-14H2,1-2H3,(H,25,30)(H,26,28)(H,27,31). The smallest absolute Gasteiger partial charge is 0.359 e. The summed E-state index contributed by atoms with van der Waals surface area (Å²) in [5.41, 5.74) is -0.620. The first-order valence-corrected chi connectivity index (χ1v) is 10.4. The largest absolute Gasteiger partial charge is 0.416 e. The van der Waals surface area contributed by atoms with E-state index in [2.05, 4.69) is 25.8 Å². The van der Waals surface area contributed by atoms with Crippen molar-refractivity contribution < 1.29 is 22.8 Å². The van der Waals surface area contributed by atoms with Crippen LogP contribution in [0.4, 0.5) is 13.2 Å². The lowest BCUT2D eigenvalue weighted by Gasteiger charge is -2.34. The molecule has 1 aromatic carbocycles. The van der Waals surface area contributed by atoms with E-state index in [1.54, 1.807) is 7.05 Å². The number of benzene rings is 1. The molecule has 7 nitrogen and oxygen atoms in total. The molecule has 1 aliphatic heterocycles. The average molecular weight is 441 g/mol. The summed E-state index contributed by atoms with van der Waals surface area (Å²) >= 11 is 0. The van der Waals surface area contributed by atoms with E-state index in [9.17, 15) is 22.8 Å². The molecule has 172 valence electrons. The highest BCUT2D eigenvalue weighted by Crippen LogP contribution is 2.29. The molecule has 1 heterocycles. The highest BCUT2D eigenvalue weighted by Gasteiger charge is 2.30. The van der Waals surface area contributed by atoms with Gasteiger partial charge < -0.3 is 20.9 Å². The summed E-state index contributed by atoms with van der Waals surface area (Å²) in [5.74, 6) is 0.735. The van der Waals surface area contributed by atoms with Crippen LogP contribution in [0, 0.1) is 5.92 Å². The van der Waals surface area contributed by atoms with Crippen molar-refractivity contribution in [2.45, 2.75) is 32.4 Å². The maximum atomic E-state index is 12.6. The Morgan fingerprint density at radius 3 is 2.32 bits per heavy atom. The highest BCUT2D eigenvalue weighted by atomic mass is 19.4. The highest BCUT2D eigenvalue weighted by molar-refractivity contribution is 5.94. The van der Waals surface area contributed by atoms with Gasteiger partial charge in [-0.2, -0.15) is 13.2 Å². The molecular weight excluding hydrogens is 411 g/mol. The number of nitrogens with zero attached hydrogens (tertiary/aromatic N) is 2. The summed E-state index contributed by atoms with van der Waals surface area (Å²) in [4.78, 5) is 30.4. The first kappa shape index (κ1) is 24.5. The predicted octanol–water partition coefficient (Wildman–Crippen LogP) is 2.25. The fraction of sp³-hybridized carbons (Fsp3) is 0.571. The number of rotatable bonds is 7. The number of nitrogens with one attached hydrogen (secondary N) is 3. The molecule has 2 rings (SSSR count). The lowest BCUT2D eigenvalue weighted by atomic mass is 9.93. The molecule has 0 saturated carbocycles. The van der Waals surface area contributed by atoms with Gasteiger partial charge in [0.15, 0.2) is 5.96 Å². The third-order valence-electron chi connectivity index (χ3n) is 5.14. The Bertz CT molecular complexity index is 757. The number of carbonyl (C=O) groups excluding carboxylic acids is 2. The third-order valence-corrected chi connectivity index (χ3v) is 5.14. The number of carbonyl (C=O) groups is 2. The number of guanidine groups is 1. The molecular formula is C21H30F3N5O2. The van der Waals surface area contributed by atoms with Gasteiger partial charge in [-0.3, -0.25) is 14.6 Å². The monoisotopic (exact) mass is 441 g/mol. The lowest BCUT2D eigenvalue weighted by Crippen LogP contribution is -2.46. The minimum atomic E-state index is -4.43. The lowest BCUT2D eigenvalue weighted by molar-refractivity contribution is -0.137. The van der Waals surface area contributed by atoms with Gasteiger partial charge in [0.1, 0.15) is 0 Å². The average Bonchev–Trinajstić information content (AvgIpc) is 2.75. The van der Waals surface area contributed by atoms with E-state index >= 15 is 0 Å². The van der Waals surface area contributed by atoms with Crippen LogP contribution in [-0.4, -0.2) is 62.4 Å². The van der Waals surface area contributed by atoms with Gasteiger partial charge in [-0.15, -0.1) is 0 Å². The molecule has 0 atom stereocenters. The number of aliphatic imine (C=N–C) groups is 1. The van der Waals surface area contributed by atoms with Crippen LogP contribution in [0.25, 0.3) is 0 Å². The number of hydrogen-bond acceptors (Lipinski definition) is 3. The van der Waals surface area contributed by atoms with Gasteiger partial charge in [0, 0.05) is 45.2 Å². The zero-order valence-electron chi connectivity index (χ0n) is 17.9. The van der Waals surface area contributed by atoms with E-state index in [1.807, 2.05) is 6.92 Å². The minimum Gasteiger partial charge on any atom is -0.359 e. The van der Waals surface area contributed by atoms with E-state index in [0.717, 1.165) is 56.2 Å². The molecule has 0 radical (unpaired) electrons. The van der Waals surface area contributed by atoms with Crippen molar-refractivity contribution in [3.63, 3.8) is 0 Å². The van der Waals surface area contributed by atoms with Gasteiger partial charge in [-0.1, -0.05) is 0 Å². The maximum Gasteiger partial charge on any atom is 0.416 e. The molecule has 10 heteroatoms. The van der Waals surface area contributed by atoms with E-state index in [-0.39, 0.29) is 18.0 Å². The summed E-state index contributed by atoms with van der Waals surface area (Å²) in [6.45, 7) is 4.88. The minimum absolute atomic E-state index is 0.0582. The van der Waals surface area contributed by atoms with Crippen molar-refractivity contribution in [2.75, 3.05) is 39.8 Å². The molecule has 0 spiro atoms. The Hall–Kier alpha value is -2.78. The second kappa shape index (κ2) is 11.6. The number of amides is 2. The van der Waals surface area contributed by atoms with Crippen molar-refractivity contribution in [3.8, 4) is 0 Å². The van der Waals surface area contributed by atoms with Gasteiger partial charge in [0.2, 0.25) is 5.91 Å². The Kier molecular flexibility index (Phi) is 9.14. The zero-order valence-corrected chi connectivity index (χ0v) is 17.9. The van der Waals surface area contributed by atoms with Crippen molar-refractivity contribution >= 4 is 17.8 Å². The van der Waals surface area contributed by atoms with Crippen molar-refractivity contribution in [2.24, 2.45) is 10.9 Å². The van der Waals surface area contributed by atoms with Gasteiger partial charge in [0.25, 0.3) is 5.91 Å². The van der Waals surface area contributed by atoms with Crippen molar-refractivity contribution in [3.05, 3.63) is 35.4 Å². The molecule has 2 amide bonds. The van der Waals surface area contributed by atoms with Crippen LogP contribution in [0.2, 0.25) is 0 Å². The Balaban J connectivity index is 1.82. The molecule has 3 N–H and O–H groups in total. The van der Waals surface area contributed by atoms with Crippen LogP contribution >= 0.6 is 0 Å². The summed E-state index contributed by atoms with van der Waals surface area (Å²) in [7, 11) is 1.64. The van der Waals surface area contributed by atoms with Crippen LogP contribution in [0.15, 0.2) is 29.3 Å². The molecule has 1 fully saturated rings. The first-order chi connectivity index (χ1) is 14.7. The molecule has 0 unspecified atom stereocenters. The van der Waals surface area contributed by atoms with Gasteiger partial charge in [0.05, 0.1) is 12.1 Å². The topological polar surface area (TPSA) is 85.8 Å². The summed E-state index contributed by atoms with van der Waals surface area (Å²) in [6.07, 6.45) is -2.08. The zero-order chi connectivity index (χ0) is 22.9. The second-order valence-corrected chi connectivity index (χ2v) is 7.37. The number of alkyl halides is 3. The van der Waals surface area contributed by atoms with Crippen molar-refractivity contribution in [1.29, 1.82) is 0 Å². The van der Waals surface area contributed by atoms with Crippen LogP contribution < -0.4 is 16.0 Å². The first-order valence-electron chi connectivity index (χ1n) is 10.4. The molecule has 1 aliphatic rings. The molecule has 31 heavy (non-hydrogen) atoms. The Morgan fingerprint density at radius 2 is 1.77 bits per heavy atom. The van der Waals surface area contributed by atoms with Crippen molar-refractivity contribution in [1.82, 2.24) is 20.9 Å². The number of piperidine rings is 1. The van der Waals surface area contributed by atoms with Crippen LogP contribution in [0.1, 0.15) is 42.1 Å². The Morgan fingerprint density at radius 1 is 1.13 bits per heavy atom. The molecule has 1 aromatic rings. The van der Waals surface area contributed by atoms with Crippen LogP contribution in [-0.2, 0) is 11.0 Å². The third kappa shape index (κ3) is 7.76. The summed E-state index contributed by atoms with van der Waals surface area (Å²) in [5, 5.41) is 8.57. The van der Waals surface area contributed by atoms with Gasteiger partial charge in [-0.05, 0) is 49.9 Å². The predicted molar refractivity (Wildman–Crippen MR) is 113 cm³/mol. The van der Waals surface area contributed by atoms with E-state index in [4.69, 9.17) is 0 Å². The number of halogens is 3. The van der Waals surface area contributed by atoms with E-state index in [0.29, 0.717) is 25.4 Å². The molecule has 0 aliphatic carbocycles. The van der Waals surface area contributed by atoms with Gasteiger partial charge in [-0.25, -0.2) is 0 Å². The van der Waals surface area contributed by atoms with E-state index in [1.165, 1.54) is 0 Å². The number of hydrogen-bond donors (Lipinski definition) is 3. The molecule has 0 aromatic heterocycles. The molecule has 0 bridgehead atoms. The normalized spacial score (nSPS) is 15.5. The second-order valence-electron chi connectivity index (χ2n) is 7.37. The number of likely N-dealkylation sites (tertiary alicyclic amines) is 1. The maximum absolute atomic E-state index is 12.6. The fourth-order valence-electron chi connectivity index (χ4n) is 3.38. The van der Waals surface area contributed by atoms with Crippen LogP contribution in [0.3, 0.4) is 0 Å². The SMILES string of the molecule is CCNC(=NCCNC(=O)c1ccc(C(F)(F)F)cc1)N1CCC(CC(=O)NC)CC1. The van der Waals surface area contributed by atoms with Gasteiger partial charge >= 0.3 is 6.18 Å².